The molecule has 1 aliphatic heterocycles. The molecule has 0 spiro atoms. The second-order valence-corrected chi connectivity index (χ2v) is 8.72. The van der Waals surface area contributed by atoms with Crippen LogP contribution in [-0.2, 0) is 4.74 Å². The molecule has 1 aromatic carbocycles. The third kappa shape index (κ3) is 5.08. The number of imidazole rings is 1. The van der Waals surface area contributed by atoms with Crippen LogP contribution < -0.4 is 5.32 Å². The SMILES string of the molecule is Cc1cc(-c2ncccc2-c2ccn3c(C(=O)NCCCN4CCOCC4)ncc3c2)ccc1F. The summed E-state index contributed by atoms with van der Waals surface area (Å²) >= 11 is 0. The van der Waals surface area contributed by atoms with Crippen LogP contribution in [0.25, 0.3) is 27.9 Å². The Balaban J connectivity index is 1.32. The van der Waals surface area contributed by atoms with Gasteiger partial charge in [0.1, 0.15) is 5.82 Å². The Hall–Kier alpha value is -3.62. The predicted octanol–water partition coefficient (Wildman–Crippen LogP) is 3.96. The molecule has 7 nitrogen and oxygen atoms in total. The van der Waals surface area contributed by atoms with E-state index in [9.17, 15) is 9.18 Å². The van der Waals surface area contributed by atoms with Gasteiger partial charge < -0.3 is 10.1 Å². The summed E-state index contributed by atoms with van der Waals surface area (Å²) < 4.78 is 21.0. The van der Waals surface area contributed by atoms with E-state index in [1.165, 1.54) is 6.07 Å². The zero-order chi connectivity index (χ0) is 24.2. The van der Waals surface area contributed by atoms with Crippen molar-refractivity contribution in [1.82, 2.24) is 24.6 Å². The van der Waals surface area contributed by atoms with Gasteiger partial charge in [0.05, 0.1) is 30.6 Å². The fourth-order valence-electron chi connectivity index (χ4n) is 4.40. The molecule has 1 amide bonds. The topological polar surface area (TPSA) is 71.8 Å². The molecule has 0 aliphatic carbocycles. The van der Waals surface area contributed by atoms with Gasteiger partial charge in [0, 0.05) is 43.2 Å². The van der Waals surface area contributed by atoms with Crippen LogP contribution in [0.1, 0.15) is 22.6 Å². The van der Waals surface area contributed by atoms with Gasteiger partial charge in [-0.05, 0) is 67.4 Å². The Morgan fingerprint density at radius 1 is 1.11 bits per heavy atom. The maximum absolute atomic E-state index is 13.8. The molecule has 3 aromatic heterocycles. The van der Waals surface area contributed by atoms with Gasteiger partial charge >= 0.3 is 0 Å². The number of hydrogen-bond donors (Lipinski definition) is 1. The van der Waals surface area contributed by atoms with Crippen molar-refractivity contribution in [3.8, 4) is 22.4 Å². The van der Waals surface area contributed by atoms with Crippen molar-refractivity contribution in [2.75, 3.05) is 39.4 Å². The third-order valence-corrected chi connectivity index (χ3v) is 6.33. The number of pyridine rings is 2. The molecule has 35 heavy (non-hydrogen) atoms. The predicted molar refractivity (Wildman–Crippen MR) is 133 cm³/mol. The van der Waals surface area contributed by atoms with Crippen LogP contribution in [-0.4, -0.2) is 64.6 Å². The standard InChI is InChI=1S/C27H28FN5O2/c1-19-16-21(5-6-24(19)28)25-23(4-2-8-29-25)20-7-11-33-22(17-20)18-31-26(33)27(34)30-9-3-10-32-12-14-35-15-13-32/h2,4-8,11,16-18H,3,9-10,12-15H2,1H3,(H,30,34). The van der Waals surface area contributed by atoms with Gasteiger partial charge in [-0.1, -0.05) is 6.07 Å². The molecule has 4 aromatic rings. The van der Waals surface area contributed by atoms with E-state index in [-0.39, 0.29) is 11.7 Å². The number of carbonyl (C=O) groups is 1. The number of aromatic nitrogens is 3. The van der Waals surface area contributed by atoms with Gasteiger partial charge in [-0.15, -0.1) is 0 Å². The largest absolute Gasteiger partial charge is 0.379 e. The molecule has 0 bridgehead atoms. The first-order valence-corrected chi connectivity index (χ1v) is 11.9. The fourth-order valence-corrected chi connectivity index (χ4v) is 4.40. The number of nitrogens with one attached hydrogen (secondary N) is 1. The molecule has 0 unspecified atom stereocenters. The number of morpholine rings is 1. The highest BCUT2D eigenvalue weighted by Gasteiger charge is 2.16. The number of nitrogens with zero attached hydrogens (tertiary/aromatic N) is 4. The van der Waals surface area contributed by atoms with Gasteiger partial charge in [0.2, 0.25) is 5.82 Å². The van der Waals surface area contributed by atoms with Gasteiger partial charge in [-0.25, -0.2) is 9.37 Å². The van der Waals surface area contributed by atoms with Crippen LogP contribution in [0.5, 0.6) is 0 Å². The number of aryl methyl sites for hydroxylation is 1. The lowest BCUT2D eigenvalue weighted by Crippen LogP contribution is -2.38. The Morgan fingerprint density at radius 3 is 2.80 bits per heavy atom. The van der Waals surface area contributed by atoms with Crippen LogP contribution in [0.15, 0.2) is 61.1 Å². The van der Waals surface area contributed by atoms with E-state index in [4.69, 9.17) is 4.74 Å². The highest BCUT2D eigenvalue weighted by Crippen LogP contribution is 2.31. The third-order valence-electron chi connectivity index (χ3n) is 6.33. The molecule has 0 saturated carbocycles. The molecule has 4 heterocycles. The molecule has 1 N–H and O–H groups in total. The van der Waals surface area contributed by atoms with E-state index in [2.05, 4.69) is 20.2 Å². The van der Waals surface area contributed by atoms with Crippen LogP contribution in [0.4, 0.5) is 4.39 Å². The first kappa shape index (κ1) is 23.1. The lowest BCUT2D eigenvalue weighted by atomic mass is 9.99. The van der Waals surface area contributed by atoms with Crippen molar-refractivity contribution in [3.05, 3.63) is 78.3 Å². The maximum Gasteiger partial charge on any atom is 0.287 e. The summed E-state index contributed by atoms with van der Waals surface area (Å²) in [4.78, 5) is 24.0. The summed E-state index contributed by atoms with van der Waals surface area (Å²) in [5.74, 6) is -0.0686. The summed E-state index contributed by atoms with van der Waals surface area (Å²) in [5, 5.41) is 2.98. The van der Waals surface area contributed by atoms with Crippen molar-refractivity contribution in [3.63, 3.8) is 0 Å². The van der Waals surface area contributed by atoms with Crippen molar-refractivity contribution >= 4 is 11.4 Å². The van der Waals surface area contributed by atoms with Gasteiger partial charge in [-0.2, -0.15) is 0 Å². The van der Waals surface area contributed by atoms with E-state index in [1.54, 1.807) is 35.9 Å². The van der Waals surface area contributed by atoms with Gasteiger partial charge in [0.25, 0.3) is 5.91 Å². The smallest absolute Gasteiger partial charge is 0.287 e. The summed E-state index contributed by atoms with van der Waals surface area (Å²) in [7, 11) is 0. The first-order valence-electron chi connectivity index (χ1n) is 11.9. The molecule has 1 fully saturated rings. The van der Waals surface area contributed by atoms with Crippen molar-refractivity contribution in [1.29, 1.82) is 0 Å². The molecule has 180 valence electrons. The molecule has 1 saturated heterocycles. The highest BCUT2D eigenvalue weighted by molar-refractivity contribution is 5.92. The summed E-state index contributed by atoms with van der Waals surface area (Å²) in [6.45, 7) is 6.73. The number of hydrogen-bond acceptors (Lipinski definition) is 5. The maximum atomic E-state index is 13.8. The zero-order valence-electron chi connectivity index (χ0n) is 19.7. The summed E-state index contributed by atoms with van der Waals surface area (Å²) in [6.07, 6.45) is 6.17. The summed E-state index contributed by atoms with van der Waals surface area (Å²) in [5.41, 5.74) is 4.89. The Labute approximate surface area is 203 Å². The first-order chi connectivity index (χ1) is 17.1. The van der Waals surface area contributed by atoms with Crippen molar-refractivity contribution in [2.24, 2.45) is 0 Å². The Bertz CT molecular complexity index is 1350. The average Bonchev–Trinajstić information content (AvgIpc) is 3.32. The lowest BCUT2D eigenvalue weighted by Gasteiger charge is -2.26. The lowest BCUT2D eigenvalue weighted by molar-refractivity contribution is 0.0374. The number of benzene rings is 1. The minimum Gasteiger partial charge on any atom is -0.379 e. The normalized spacial score (nSPS) is 14.3. The van der Waals surface area contributed by atoms with E-state index >= 15 is 0 Å². The summed E-state index contributed by atoms with van der Waals surface area (Å²) in [6, 6.07) is 12.8. The molecular formula is C27H28FN5O2. The zero-order valence-corrected chi connectivity index (χ0v) is 19.7. The number of amides is 1. The van der Waals surface area contributed by atoms with Crippen LogP contribution in [0, 0.1) is 12.7 Å². The fraction of sp³-hybridized carbons (Fsp3) is 0.296. The van der Waals surface area contributed by atoms with Gasteiger partial charge in [-0.3, -0.25) is 19.1 Å². The second-order valence-electron chi connectivity index (χ2n) is 8.72. The van der Waals surface area contributed by atoms with Crippen LogP contribution in [0.3, 0.4) is 0 Å². The number of rotatable bonds is 7. The highest BCUT2D eigenvalue weighted by atomic mass is 19.1. The molecular weight excluding hydrogens is 445 g/mol. The van der Waals surface area contributed by atoms with Gasteiger partial charge in [0.15, 0.2) is 0 Å². The quantitative estimate of drug-likeness (QED) is 0.412. The molecule has 0 atom stereocenters. The monoisotopic (exact) mass is 473 g/mol. The number of carbonyl (C=O) groups excluding carboxylic acids is 1. The Kier molecular flexibility index (Phi) is 6.83. The van der Waals surface area contributed by atoms with Crippen LogP contribution in [0.2, 0.25) is 0 Å². The molecule has 1 aliphatic rings. The number of fused-ring (bicyclic) bond motifs is 1. The number of halogens is 1. The van der Waals surface area contributed by atoms with E-state index in [0.717, 1.165) is 67.2 Å². The van der Waals surface area contributed by atoms with E-state index in [0.29, 0.717) is 17.9 Å². The average molecular weight is 474 g/mol. The van der Waals surface area contributed by atoms with E-state index in [1.807, 2.05) is 30.5 Å². The second kappa shape index (κ2) is 10.3. The van der Waals surface area contributed by atoms with Crippen LogP contribution >= 0.6 is 0 Å². The van der Waals surface area contributed by atoms with Crippen molar-refractivity contribution in [2.45, 2.75) is 13.3 Å². The molecule has 0 radical (unpaired) electrons. The molecule has 5 rings (SSSR count). The Morgan fingerprint density at radius 2 is 1.97 bits per heavy atom. The molecule has 8 heteroatoms. The minimum absolute atomic E-state index is 0.191. The van der Waals surface area contributed by atoms with Crippen molar-refractivity contribution < 1.29 is 13.9 Å². The number of ether oxygens (including phenoxy) is 1. The van der Waals surface area contributed by atoms with E-state index < -0.39 is 0 Å². The minimum atomic E-state index is -0.237.